The first kappa shape index (κ1) is 20.0. The molecular formula is C20H19F2N3O2S. The van der Waals surface area contributed by atoms with Crippen molar-refractivity contribution in [2.24, 2.45) is 5.92 Å². The number of aromatic nitrogens is 2. The van der Waals surface area contributed by atoms with E-state index in [1.54, 1.807) is 36.4 Å². The molecule has 0 saturated heterocycles. The molecule has 2 aromatic carbocycles. The van der Waals surface area contributed by atoms with Crippen molar-refractivity contribution in [3.05, 3.63) is 64.6 Å². The van der Waals surface area contributed by atoms with Crippen LogP contribution in [0.4, 0.5) is 14.5 Å². The summed E-state index contributed by atoms with van der Waals surface area (Å²) in [5.41, 5.74) is 0.354. The van der Waals surface area contributed by atoms with Gasteiger partial charge in [0.2, 0.25) is 0 Å². The average Bonchev–Trinajstić information content (AvgIpc) is 2.65. The Morgan fingerprint density at radius 3 is 2.36 bits per heavy atom. The molecule has 1 heterocycles. The van der Waals surface area contributed by atoms with Gasteiger partial charge in [-0.3, -0.25) is 9.59 Å². The molecule has 0 radical (unpaired) electrons. The van der Waals surface area contributed by atoms with Crippen molar-refractivity contribution in [1.29, 1.82) is 0 Å². The maximum Gasteiger partial charge on any atom is 0.288 e. The lowest BCUT2D eigenvalue weighted by molar-refractivity contribution is 0.102. The second-order valence-electron chi connectivity index (χ2n) is 6.63. The van der Waals surface area contributed by atoms with Gasteiger partial charge in [-0.2, -0.15) is 13.9 Å². The fourth-order valence-corrected chi connectivity index (χ4v) is 3.28. The molecule has 0 saturated carbocycles. The minimum absolute atomic E-state index is 0.141. The second-order valence-corrected chi connectivity index (χ2v) is 7.70. The third kappa shape index (κ3) is 4.56. The van der Waals surface area contributed by atoms with Gasteiger partial charge in [0, 0.05) is 22.5 Å². The number of nitrogens with zero attached hydrogens (tertiary/aromatic N) is 2. The van der Waals surface area contributed by atoms with E-state index >= 15 is 0 Å². The zero-order chi connectivity index (χ0) is 20.3. The van der Waals surface area contributed by atoms with E-state index in [0.717, 1.165) is 0 Å². The number of rotatable bonds is 6. The number of hydrogen-bond acceptors (Lipinski definition) is 4. The van der Waals surface area contributed by atoms with Crippen LogP contribution in [0, 0.1) is 5.92 Å². The van der Waals surface area contributed by atoms with Crippen LogP contribution in [0.5, 0.6) is 0 Å². The molecular weight excluding hydrogens is 384 g/mol. The molecule has 0 aliphatic rings. The van der Waals surface area contributed by atoms with Gasteiger partial charge in [0.25, 0.3) is 17.2 Å². The first-order valence-corrected chi connectivity index (χ1v) is 9.59. The van der Waals surface area contributed by atoms with Gasteiger partial charge in [0.1, 0.15) is 0 Å². The van der Waals surface area contributed by atoms with E-state index in [-0.39, 0.29) is 17.2 Å². The summed E-state index contributed by atoms with van der Waals surface area (Å²) in [5, 5.41) is 7.89. The van der Waals surface area contributed by atoms with E-state index in [9.17, 15) is 18.4 Å². The fraction of sp³-hybridized carbons (Fsp3) is 0.250. The summed E-state index contributed by atoms with van der Waals surface area (Å²) in [6.07, 6.45) is 0. The Morgan fingerprint density at radius 1 is 1.11 bits per heavy atom. The molecule has 3 aromatic rings. The van der Waals surface area contributed by atoms with Gasteiger partial charge in [-0.25, -0.2) is 4.68 Å². The second kappa shape index (κ2) is 8.52. The summed E-state index contributed by atoms with van der Waals surface area (Å²) in [6.45, 7) is 4.31. The minimum atomic E-state index is -2.50. The molecule has 5 nitrogen and oxygen atoms in total. The molecule has 0 fully saturated rings. The van der Waals surface area contributed by atoms with Crippen molar-refractivity contribution in [2.45, 2.75) is 31.0 Å². The zero-order valence-corrected chi connectivity index (χ0v) is 16.2. The van der Waals surface area contributed by atoms with Gasteiger partial charge in [-0.15, -0.1) is 0 Å². The standard InChI is InChI=1S/C20H19F2N3O2S/c1-12(2)11-25-19(27)16-6-4-3-5-15(16)17(24-25)18(26)23-13-7-9-14(10-8-13)28-20(21)22/h3-10,12,20H,11H2,1-2H3,(H,23,26). The van der Waals surface area contributed by atoms with Gasteiger partial charge in [-0.1, -0.05) is 43.8 Å². The number of halogens is 2. The molecule has 8 heteroatoms. The zero-order valence-electron chi connectivity index (χ0n) is 15.4. The number of fused-ring (bicyclic) bond motifs is 1. The van der Waals surface area contributed by atoms with Crippen molar-refractivity contribution in [2.75, 3.05) is 5.32 Å². The monoisotopic (exact) mass is 403 g/mol. The van der Waals surface area contributed by atoms with Crippen LogP contribution in [0.15, 0.2) is 58.2 Å². The molecule has 0 unspecified atom stereocenters. The molecule has 28 heavy (non-hydrogen) atoms. The lowest BCUT2D eigenvalue weighted by Gasteiger charge is -2.13. The molecule has 146 valence electrons. The average molecular weight is 403 g/mol. The van der Waals surface area contributed by atoms with Crippen molar-refractivity contribution in [1.82, 2.24) is 9.78 Å². The predicted octanol–water partition coefficient (Wildman–Crippen LogP) is 4.62. The van der Waals surface area contributed by atoms with Crippen LogP contribution in [0.2, 0.25) is 0 Å². The van der Waals surface area contributed by atoms with Crippen molar-refractivity contribution < 1.29 is 13.6 Å². The van der Waals surface area contributed by atoms with E-state index in [0.29, 0.717) is 39.7 Å². The first-order valence-electron chi connectivity index (χ1n) is 8.71. The van der Waals surface area contributed by atoms with Crippen molar-refractivity contribution >= 4 is 34.1 Å². The SMILES string of the molecule is CC(C)Cn1nc(C(=O)Nc2ccc(SC(F)F)cc2)c2ccccc2c1=O. The van der Waals surface area contributed by atoms with Crippen molar-refractivity contribution in [3.8, 4) is 0 Å². The largest absolute Gasteiger partial charge is 0.321 e. The van der Waals surface area contributed by atoms with Gasteiger partial charge in [-0.05, 0) is 36.2 Å². The Balaban J connectivity index is 1.94. The first-order chi connectivity index (χ1) is 13.3. The van der Waals surface area contributed by atoms with Crippen LogP contribution in [0.3, 0.4) is 0 Å². The maximum absolute atomic E-state index is 12.8. The molecule has 0 bridgehead atoms. The Bertz CT molecular complexity index is 1050. The highest BCUT2D eigenvalue weighted by atomic mass is 32.2. The minimum Gasteiger partial charge on any atom is -0.321 e. The molecule has 1 aromatic heterocycles. The van der Waals surface area contributed by atoms with E-state index in [1.165, 1.54) is 16.8 Å². The highest BCUT2D eigenvalue weighted by Gasteiger charge is 2.17. The summed E-state index contributed by atoms with van der Waals surface area (Å²) >= 11 is 0.437. The maximum atomic E-state index is 12.8. The summed E-state index contributed by atoms with van der Waals surface area (Å²) in [7, 11) is 0. The van der Waals surface area contributed by atoms with Gasteiger partial charge in [0.05, 0.1) is 5.39 Å². The van der Waals surface area contributed by atoms with Crippen LogP contribution >= 0.6 is 11.8 Å². The summed E-state index contributed by atoms with van der Waals surface area (Å²) in [6, 6.07) is 13.0. The fourth-order valence-electron chi connectivity index (χ4n) is 2.78. The highest BCUT2D eigenvalue weighted by Crippen LogP contribution is 2.26. The van der Waals surface area contributed by atoms with E-state index in [4.69, 9.17) is 0 Å². The lowest BCUT2D eigenvalue weighted by Crippen LogP contribution is -2.29. The summed E-state index contributed by atoms with van der Waals surface area (Å²) in [4.78, 5) is 25.9. The summed E-state index contributed by atoms with van der Waals surface area (Å²) < 4.78 is 26.1. The number of hydrogen-bond donors (Lipinski definition) is 1. The van der Waals surface area contributed by atoms with Gasteiger partial charge < -0.3 is 5.32 Å². The third-order valence-electron chi connectivity index (χ3n) is 3.96. The lowest BCUT2D eigenvalue weighted by atomic mass is 10.1. The third-order valence-corrected chi connectivity index (χ3v) is 4.68. The number of amides is 1. The molecule has 1 amide bonds. The predicted molar refractivity (Wildman–Crippen MR) is 107 cm³/mol. The molecule has 3 rings (SSSR count). The summed E-state index contributed by atoms with van der Waals surface area (Å²) in [5.74, 6) is -2.79. The van der Waals surface area contributed by atoms with Crippen LogP contribution < -0.4 is 10.9 Å². The molecule has 1 N–H and O–H groups in total. The van der Waals surface area contributed by atoms with Crippen LogP contribution in [0.25, 0.3) is 10.8 Å². The number of anilines is 1. The number of thioether (sulfide) groups is 1. The Labute approximate surface area is 164 Å². The van der Waals surface area contributed by atoms with Crippen LogP contribution in [-0.2, 0) is 6.54 Å². The van der Waals surface area contributed by atoms with Gasteiger partial charge in [0.15, 0.2) is 5.69 Å². The Morgan fingerprint density at radius 2 is 1.75 bits per heavy atom. The van der Waals surface area contributed by atoms with Crippen LogP contribution in [0.1, 0.15) is 24.3 Å². The smallest absolute Gasteiger partial charge is 0.288 e. The number of carbonyl (C=O) groups excluding carboxylic acids is 1. The molecule has 0 aliphatic carbocycles. The van der Waals surface area contributed by atoms with Crippen molar-refractivity contribution in [3.63, 3.8) is 0 Å². The normalized spacial score (nSPS) is 11.4. The quantitative estimate of drug-likeness (QED) is 0.610. The molecule has 0 spiro atoms. The van der Waals surface area contributed by atoms with E-state index in [2.05, 4.69) is 10.4 Å². The van der Waals surface area contributed by atoms with E-state index < -0.39 is 11.7 Å². The van der Waals surface area contributed by atoms with E-state index in [1.807, 2.05) is 13.8 Å². The Hall–Kier alpha value is -2.74. The molecule has 0 aliphatic heterocycles. The number of alkyl halides is 2. The van der Waals surface area contributed by atoms with Gasteiger partial charge >= 0.3 is 0 Å². The number of carbonyl (C=O) groups is 1. The molecule has 0 atom stereocenters. The topological polar surface area (TPSA) is 64.0 Å². The number of nitrogens with one attached hydrogen (secondary N) is 1. The van der Waals surface area contributed by atoms with Crippen LogP contribution in [-0.4, -0.2) is 21.4 Å². The highest BCUT2D eigenvalue weighted by molar-refractivity contribution is 7.99. The Kier molecular flexibility index (Phi) is 6.08. The number of benzene rings is 2.